The molecular formula is C8H20KN+2. The van der Waals surface area contributed by atoms with Crippen molar-refractivity contribution in [2.24, 2.45) is 0 Å². The molecule has 0 aliphatic rings. The van der Waals surface area contributed by atoms with Crippen LogP contribution in [0, 0.1) is 0 Å². The van der Waals surface area contributed by atoms with E-state index in [-0.39, 0.29) is 51.4 Å². The van der Waals surface area contributed by atoms with E-state index in [9.17, 15) is 0 Å². The summed E-state index contributed by atoms with van der Waals surface area (Å²) in [6, 6.07) is 0. The molecule has 0 aromatic carbocycles. The van der Waals surface area contributed by atoms with Gasteiger partial charge in [-0.15, -0.1) is 0 Å². The summed E-state index contributed by atoms with van der Waals surface area (Å²) in [5.74, 6) is 0. The second-order valence-corrected chi connectivity index (χ2v) is 2.61. The molecule has 0 spiro atoms. The van der Waals surface area contributed by atoms with Crippen LogP contribution < -0.4 is 51.4 Å². The maximum absolute atomic E-state index is 2.27. The molecule has 2 heteroatoms. The summed E-state index contributed by atoms with van der Waals surface area (Å²) in [5, 5.41) is 0. The molecule has 0 saturated heterocycles. The van der Waals surface area contributed by atoms with Gasteiger partial charge in [-0.05, 0) is 27.7 Å². The summed E-state index contributed by atoms with van der Waals surface area (Å²) in [6.45, 7) is 14.2. The van der Waals surface area contributed by atoms with Gasteiger partial charge in [-0.25, -0.2) is 0 Å². The summed E-state index contributed by atoms with van der Waals surface area (Å²) in [4.78, 5) is 0. The third-order valence-electron chi connectivity index (χ3n) is 2.68. The molecule has 0 radical (unpaired) electrons. The van der Waals surface area contributed by atoms with Crippen molar-refractivity contribution in [2.75, 3.05) is 26.2 Å². The predicted octanol–water partition coefficient (Wildman–Crippen LogP) is -1.11. The normalized spacial score (nSPS) is 10.8. The Bertz CT molecular complexity index is 52.1. The van der Waals surface area contributed by atoms with E-state index in [1.54, 1.807) is 0 Å². The van der Waals surface area contributed by atoms with E-state index in [0.29, 0.717) is 0 Å². The third-order valence-corrected chi connectivity index (χ3v) is 2.68. The van der Waals surface area contributed by atoms with Gasteiger partial charge in [0.15, 0.2) is 0 Å². The van der Waals surface area contributed by atoms with Gasteiger partial charge in [0.05, 0.1) is 26.2 Å². The zero-order chi connectivity index (χ0) is 7.33. The van der Waals surface area contributed by atoms with Crippen LogP contribution in [0.4, 0.5) is 0 Å². The van der Waals surface area contributed by atoms with Crippen molar-refractivity contribution in [2.45, 2.75) is 27.7 Å². The maximum Gasteiger partial charge on any atom is 1.00 e. The molecule has 0 atom stereocenters. The average Bonchev–Trinajstić information content (AvgIpc) is 1.95. The van der Waals surface area contributed by atoms with Crippen LogP contribution in [-0.4, -0.2) is 30.7 Å². The molecule has 0 amide bonds. The molecule has 0 heterocycles. The Kier molecular flexibility index (Phi) is 10.3. The predicted molar refractivity (Wildman–Crippen MR) is 42.4 cm³/mol. The van der Waals surface area contributed by atoms with Crippen molar-refractivity contribution in [3.8, 4) is 0 Å². The Hall–Kier alpha value is 1.60. The first-order valence-corrected chi connectivity index (χ1v) is 4.09. The molecule has 56 valence electrons. The quantitative estimate of drug-likeness (QED) is 0.370. The van der Waals surface area contributed by atoms with Crippen molar-refractivity contribution in [3.05, 3.63) is 0 Å². The first-order chi connectivity index (χ1) is 4.24. The topological polar surface area (TPSA) is 0 Å². The minimum Gasteiger partial charge on any atom is -0.325 e. The van der Waals surface area contributed by atoms with E-state index in [0.717, 1.165) is 0 Å². The second-order valence-electron chi connectivity index (χ2n) is 2.61. The van der Waals surface area contributed by atoms with E-state index < -0.39 is 0 Å². The standard InChI is InChI=1S/C8H20N.K/c1-5-9(6-2,7-3)8-4;/h5-8H2,1-4H3;/q2*+1. The Balaban J connectivity index is 0. The van der Waals surface area contributed by atoms with Crippen LogP contribution in [0.2, 0.25) is 0 Å². The third kappa shape index (κ3) is 3.84. The molecule has 0 fully saturated rings. The van der Waals surface area contributed by atoms with Crippen LogP contribution >= 0.6 is 0 Å². The summed E-state index contributed by atoms with van der Waals surface area (Å²) >= 11 is 0. The number of hydrogen-bond donors (Lipinski definition) is 0. The molecule has 10 heavy (non-hydrogen) atoms. The van der Waals surface area contributed by atoms with E-state index in [2.05, 4.69) is 27.7 Å². The van der Waals surface area contributed by atoms with Gasteiger partial charge >= 0.3 is 51.4 Å². The number of rotatable bonds is 4. The van der Waals surface area contributed by atoms with Gasteiger partial charge in [0.25, 0.3) is 0 Å². The minimum atomic E-state index is 0. The van der Waals surface area contributed by atoms with Gasteiger partial charge < -0.3 is 4.48 Å². The smallest absolute Gasteiger partial charge is 0.325 e. The molecule has 0 aromatic heterocycles. The van der Waals surface area contributed by atoms with Gasteiger partial charge in [0.2, 0.25) is 0 Å². The Morgan fingerprint density at radius 1 is 0.700 bits per heavy atom. The van der Waals surface area contributed by atoms with Gasteiger partial charge in [-0.3, -0.25) is 0 Å². The zero-order valence-electron chi connectivity index (χ0n) is 8.28. The molecular weight excluding hydrogens is 149 g/mol. The van der Waals surface area contributed by atoms with Gasteiger partial charge in [-0.2, -0.15) is 0 Å². The van der Waals surface area contributed by atoms with Crippen molar-refractivity contribution in [1.82, 2.24) is 0 Å². The molecule has 0 unspecified atom stereocenters. The van der Waals surface area contributed by atoms with E-state index in [1.165, 1.54) is 30.7 Å². The Morgan fingerprint density at radius 3 is 0.900 bits per heavy atom. The van der Waals surface area contributed by atoms with Gasteiger partial charge in [-0.1, -0.05) is 0 Å². The number of nitrogens with zero attached hydrogens (tertiary/aromatic N) is 1. The van der Waals surface area contributed by atoms with E-state index >= 15 is 0 Å². The van der Waals surface area contributed by atoms with Crippen LogP contribution in [0.15, 0.2) is 0 Å². The van der Waals surface area contributed by atoms with Crippen molar-refractivity contribution >= 4 is 0 Å². The molecule has 0 aliphatic heterocycles. The van der Waals surface area contributed by atoms with Crippen LogP contribution in [0.3, 0.4) is 0 Å². The van der Waals surface area contributed by atoms with Crippen LogP contribution in [0.1, 0.15) is 27.7 Å². The fraction of sp³-hybridized carbons (Fsp3) is 1.00. The molecule has 0 rings (SSSR count). The molecule has 0 aliphatic carbocycles. The second kappa shape index (κ2) is 7.26. The number of hydrogen-bond acceptors (Lipinski definition) is 0. The SMILES string of the molecule is CC[N+](CC)(CC)CC.[K+]. The first kappa shape index (κ1) is 14.1. The summed E-state index contributed by atoms with van der Waals surface area (Å²) in [7, 11) is 0. The van der Waals surface area contributed by atoms with Gasteiger partial charge in [0.1, 0.15) is 0 Å². The zero-order valence-corrected chi connectivity index (χ0v) is 11.4. The molecule has 0 bridgehead atoms. The largest absolute Gasteiger partial charge is 1.00 e. The molecule has 0 saturated carbocycles. The Morgan fingerprint density at radius 2 is 0.900 bits per heavy atom. The summed E-state index contributed by atoms with van der Waals surface area (Å²) < 4.78 is 1.28. The molecule has 0 aromatic rings. The van der Waals surface area contributed by atoms with Gasteiger partial charge in [0, 0.05) is 0 Å². The average molecular weight is 169 g/mol. The fourth-order valence-electron chi connectivity index (χ4n) is 1.34. The number of quaternary nitrogens is 1. The van der Waals surface area contributed by atoms with E-state index in [4.69, 9.17) is 0 Å². The van der Waals surface area contributed by atoms with Crippen molar-refractivity contribution in [3.63, 3.8) is 0 Å². The summed E-state index contributed by atoms with van der Waals surface area (Å²) in [5.41, 5.74) is 0. The van der Waals surface area contributed by atoms with Crippen molar-refractivity contribution in [1.29, 1.82) is 0 Å². The van der Waals surface area contributed by atoms with E-state index in [1.807, 2.05) is 0 Å². The minimum absolute atomic E-state index is 0. The fourth-order valence-corrected chi connectivity index (χ4v) is 1.34. The summed E-state index contributed by atoms with van der Waals surface area (Å²) in [6.07, 6.45) is 0. The van der Waals surface area contributed by atoms with Crippen LogP contribution in [0.25, 0.3) is 0 Å². The van der Waals surface area contributed by atoms with Crippen molar-refractivity contribution < 1.29 is 55.9 Å². The monoisotopic (exact) mass is 169 g/mol. The maximum atomic E-state index is 2.27. The Labute approximate surface area is 108 Å². The first-order valence-electron chi connectivity index (χ1n) is 4.09. The van der Waals surface area contributed by atoms with Crippen LogP contribution in [-0.2, 0) is 0 Å². The molecule has 1 nitrogen and oxygen atoms in total. The molecule has 0 N–H and O–H groups in total. The van der Waals surface area contributed by atoms with Crippen LogP contribution in [0.5, 0.6) is 0 Å².